The summed E-state index contributed by atoms with van der Waals surface area (Å²) in [6, 6.07) is 15.8. The SMILES string of the molecule is Cc1ccc(C2Oc3cc(OC4CCCCO4)ccc3C(=O)C2c2cc(F)cc(F)c2)cc1. The maximum absolute atomic E-state index is 14.0. The molecule has 0 bridgehead atoms. The van der Waals surface area contributed by atoms with Crippen LogP contribution in [0.3, 0.4) is 0 Å². The van der Waals surface area contributed by atoms with Crippen LogP contribution in [0.25, 0.3) is 0 Å². The van der Waals surface area contributed by atoms with Crippen LogP contribution in [0.15, 0.2) is 60.7 Å². The Hall–Kier alpha value is -3.25. The lowest BCUT2D eigenvalue weighted by Crippen LogP contribution is -2.30. The Kier molecular flexibility index (Phi) is 5.85. The predicted molar refractivity (Wildman–Crippen MR) is 119 cm³/mol. The normalized spacial score (nSPS) is 22.4. The molecule has 170 valence electrons. The highest BCUT2D eigenvalue weighted by molar-refractivity contribution is 6.04. The Morgan fingerprint density at radius 2 is 1.67 bits per heavy atom. The lowest BCUT2D eigenvalue weighted by Gasteiger charge is -2.33. The van der Waals surface area contributed by atoms with Gasteiger partial charge in [0.15, 0.2) is 12.1 Å². The summed E-state index contributed by atoms with van der Waals surface area (Å²) in [6.45, 7) is 2.62. The van der Waals surface area contributed by atoms with Crippen LogP contribution in [-0.4, -0.2) is 18.7 Å². The van der Waals surface area contributed by atoms with Crippen molar-refractivity contribution in [3.8, 4) is 11.5 Å². The van der Waals surface area contributed by atoms with E-state index in [0.717, 1.165) is 36.5 Å². The van der Waals surface area contributed by atoms with E-state index in [1.807, 2.05) is 31.2 Å². The van der Waals surface area contributed by atoms with Crippen molar-refractivity contribution in [3.05, 3.63) is 94.6 Å². The van der Waals surface area contributed by atoms with Crippen molar-refractivity contribution in [1.82, 2.24) is 0 Å². The second-order valence-corrected chi connectivity index (χ2v) is 8.57. The molecule has 2 heterocycles. The minimum Gasteiger partial charge on any atom is -0.484 e. The molecular formula is C27H24F2O4. The van der Waals surface area contributed by atoms with Crippen LogP contribution >= 0.6 is 0 Å². The summed E-state index contributed by atoms with van der Waals surface area (Å²) < 4.78 is 46.0. The van der Waals surface area contributed by atoms with E-state index in [-0.39, 0.29) is 17.6 Å². The highest BCUT2D eigenvalue weighted by Gasteiger charge is 2.40. The molecule has 3 atom stereocenters. The Balaban J connectivity index is 1.54. The number of Topliss-reactive ketones (excluding diaryl/α,β-unsaturated/α-hetero) is 1. The molecule has 1 saturated heterocycles. The Morgan fingerprint density at radius 3 is 2.36 bits per heavy atom. The third kappa shape index (κ3) is 4.48. The first-order valence-corrected chi connectivity index (χ1v) is 11.1. The van der Waals surface area contributed by atoms with Gasteiger partial charge in [0.2, 0.25) is 0 Å². The maximum atomic E-state index is 14.0. The Bertz CT molecular complexity index is 1150. The van der Waals surface area contributed by atoms with Gasteiger partial charge in [-0.3, -0.25) is 4.79 Å². The van der Waals surface area contributed by atoms with Crippen LogP contribution in [0.5, 0.6) is 11.5 Å². The summed E-state index contributed by atoms with van der Waals surface area (Å²) in [5, 5.41) is 0. The number of ketones is 1. The number of carbonyl (C=O) groups excluding carboxylic acids is 1. The molecule has 33 heavy (non-hydrogen) atoms. The number of fused-ring (bicyclic) bond motifs is 1. The maximum Gasteiger partial charge on any atom is 0.199 e. The zero-order valence-corrected chi connectivity index (χ0v) is 18.2. The Morgan fingerprint density at radius 1 is 0.909 bits per heavy atom. The number of carbonyl (C=O) groups is 1. The highest BCUT2D eigenvalue weighted by Crippen LogP contribution is 2.45. The molecule has 0 saturated carbocycles. The molecule has 3 aromatic carbocycles. The molecule has 2 aliphatic rings. The third-order valence-electron chi connectivity index (χ3n) is 6.11. The van der Waals surface area contributed by atoms with Crippen molar-refractivity contribution in [3.63, 3.8) is 0 Å². The van der Waals surface area contributed by atoms with Crippen LogP contribution in [0, 0.1) is 18.6 Å². The smallest absolute Gasteiger partial charge is 0.199 e. The van der Waals surface area contributed by atoms with Crippen LogP contribution in [0.1, 0.15) is 58.3 Å². The van der Waals surface area contributed by atoms with Crippen molar-refractivity contribution in [1.29, 1.82) is 0 Å². The molecule has 3 aromatic rings. The molecule has 4 nitrogen and oxygen atoms in total. The molecule has 3 unspecified atom stereocenters. The van der Waals surface area contributed by atoms with Crippen LogP contribution in [0.4, 0.5) is 8.78 Å². The second-order valence-electron chi connectivity index (χ2n) is 8.57. The van der Waals surface area contributed by atoms with Gasteiger partial charge in [0.05, 0.1) is 18.1 Å². The van der Waals surface area contributed by atoms with Crippen molar-refractivity contribution in [2.24, 2.45) is 0 Å². The first-order valence-electron chi connectivity index (χ1n) is 11.1. The van der Waals surface area contributed by atoms with E-state index in [2.05, 4.69) is 0 Å². The standard InChI is InChI=1S/C27H24F2O4/c1-16-5-7-17(8-6-16)27-25(18-12-19(28)14-20(29)13-18)26(30)22-10-9-21(15-23(22)33-27)32-24-4-2-3-11-31-24/h5-10,12-15,24-25,27H,2-4,11H2,1H3. The number of ether oxygens (including phenoxy) is 3. The predicted octanol–water partition coefficient (Wildman–Crippen LogP) is 6.28. The minimum atomic E-state index is -0.890. The van der Waals surface area contributed by atoms with Crippen LogP contribution in [-0.2, 0) is 4.74 Å². The van der Waals surface area contributed by atoms with Gasteiger partial charge in [0.1, 0.15) is 29.2 Å². The minimum absolute atomic E-state index is 0.240. The van der Waals surface area contributed by atoms with Gasteiger partial charge in [0, 0.05) is 18.6 Å². The highest BCUT2D eigenvalue weighted by atomic mass is 19.1. The summed E-state index contributed by atoms with van der Waals surface area (Å²) in [7, 11) is 0. The number of hydrogen-bond donors (Lipinski definition) is 0. The zero-order valence-electron chi connectivity index (χ0n) is 18.2. The van der Waals surface area contributed by atoms with Gasteiger partial charge in [-0.1, -0.05) is 29.8 Å². The fourth-order valence-corrected chi connectivity index (χ4v) is 4.44. The first kappa shape index (κ1) is 21.6. The zero-order chi connectivity index (χ0) is 22.9. The molecule has 0 amide bonds. The molecular weight excluding hydrogens is 426 g/mol. The van der Waals surface area contributed by atoms with E-state index in [4.69, 9.17) is 14.2 Å². The average molecular weight is 450 g/mol. The van der Waals surface area contributed by atoms with Gasteiger partial charge in [-0.05, 0) is 55.2 Å². The fraction of sp³-hybridized carbons (Fsp3) is 0.296. The molecule has 6 heteroatoms. The van der Waals surface area contributed by atoms with Crippen molar-refractivity contribution in [2.45, 2.75) is 44.5 Å². The fourth-order valence-electron chi connectivity index (χ4n) is 4.44. The number of rotatable bonds is 4. The van der Waals surface area contributed by atoms with Gasteiger partial charge >= 0.3 is 0 Å². The molecule has 1 fully saturated rings. The summed E-state index contributed by atoms with van der Waals surface area (Å²) in [5.74, 6) is -1.69. The topological polar surface area (TPSA) is 44.8 Å². The van der Waals surface area contributed by atoms with Gasteiger partial charge in [-0.2, -0.15) is 0 Å². The van der Waals surface area contributed by atoms with Gasteiger partial charge in [0.25, 0.3) is 0 Å². The first-order chi connectivity index (χ1) is 16.0. The summed E-state index contributed by atoms with van der Waals surface area (Å²) >= 11 is 0. The quantitative estimate of drug-likeness (QED) is 0.469. The van der Waals surface area contributed by atoms with Gasteiger partial charge in [-0.25, -0.2) is 8.78 Å². The molecule has 0 N–H and O–H groups in total. The van der Waals surface area contributed by atoms with Crippen molar-refractivity contribution >= 4 is 5.78 Å². The summed E-state index contributed by atoms with van der Waals surface area (Å²) in [5.41, 5.74) is 2.39. The number of benzene rings is 3. The van der Waals surface area contributed by atoms with Gasteiger partial charge < -0.3 is 14.2 Å². The summed E-state index contributed by atoms with van der Waals surface area (Å²) in [4.78, 5) is 13.6. The molecule has 2 aliphatic heterocycles. The number of aryl methyl sites for hydroxylation is 1. The van der Waals surface area contributed by atoms with Gasteiger partial charge in [-0.15, -0.1) is 0 Å². The van der Waals surface area contributed by atoms with E-state index in [1.54, 1.807) is 18.2 Å². The lowest BCUT2D eigenvalue weighted by atomic mass is 9.81. The molecule has 0 radical (unpaired) electrons. The van der Waals surface area contributed by atoms with E-state index in [1.165, 1.54) is 12.1 Å². The van der Waals surface area contributed by atoms with E-state index in [9.17, 15) is 13.6 Å². The van der Waals surface area contributed by atoms with Crippen LogP contribution in [0.2, 0.25) is 0 Å². The average Bonchev–Trinajstić information content (AvgIpc) is 2.79. The summed E-state index contributed by atoms with van der Waals surface area (Å²) in [6.07, 6.45) is 1.78. The molecule has 5 rings (SSSR count). The second kappa shape index (κ2) is 8.94. The number of halogens is 2. The number of hydrogen-bond acceptors (Lipinski definition) is 4. The molecule has 0 aromatic heterocycles. The van der Waals surface area contributed by atoms with E-state index < -0.39 is 23.7 Å². The van der Waals surface area contributed by atoms with Crippen LogP contribution < -0.4 is 9.47 Å². The molecule has 0 spiro atoms. The van der Waals surface area contributed by atoms with E-state index in [0.29, 0.717) is 23.7 Å². The molecule has 0 aliphatic carbocycles. The van der Waals surface area contributed by atoms with Crippen molar-refractivity contribution < 1.29 is 27.8 Å². The largest absolute Gasteiger partial charge is 0.484 e. The van der Waals surface area contributed by atoms with Crippen molar-refractivity contribution in [2.75, 3.05) is 6.61 Å². The Labute approximate surface area is 191 Å². The van der Waals surface area contributed by atoms with E-state index >= 15 is 0 Å². The monoisotopic (exact) mass is 450 g/mol. The third-order valence-corrected chi connectivity index (χ3v) is 6.11. The lowest BCUT2D eigenvalue weighted by molar-refractivity contribution is -0.106.